The Bertz CT molecular complexity index is 3180. The highest BCUT2D eigenvalue weighted by Gasteiger charge is 2.54. The van der Waals surface area contributed by atoms with E-state index in [4.69, 9.17) is 4.74 Å². The minimum absolute atomic E-state index is 0.129. The van der Waals surface area contributed by atoms with Crippen LogP contribution in [0.1, 0.15) is 47.2 Å². The maximum Gasteiger partial charge on any atom is 0.156 e. The van der Waals surface area contributed by atoms with E-state index in [2.05, 4.69) is 207 Å². The van der Waals surface area contributed by atoms with Gasteiger partial charge in [0.15, 0.2) is 11.5 Å². The summed E-state index contributed by atoms with van der Waals surface area (Å²) in [6.45, 7) is 4.74. The topological polar surface area (TPSA) is 12.5 Å². The Kier molecular flexibility index (Phi) is 6.20. The molecule has 2 heteroatoms. The van der Waals surface area contributed by atoms with Crippen LogP contribution in [-0.2, 0) is 10.8 Å². The number of para-hydroxylation sites is 1. The zero-order valence-electron chi connectivity index (χ0n) is 32.3. The Morgan fingerprint density at radius 3 is 1.76 bits per heavy atom. The molecule has 9 aromatic rings. The minimum atomic E-state index is -0.535. The lowest BCUT2D eigenvalue weighted by Crippen LogP contribution is -2.28. The van der Waals surface area contributed by atoms with Crippen LogP contribution in [0.3, 0.4) is 0 Å². The van der Waals surface area contributed by atoms with Gasteiger partial charge >= 0.3 is 0 Å². The molecule has 0 aromatic heterocycles. The Morgan fingerprint density at radius 1 is 0.431 bits per heavy atom. The van der Waals surface area contributed by atoms with Crippen LogP contribution in [0.15, 0.2) is 188 Å². The summed E-state index contributed by atoms with van der Waals surface area (Å²) in [6.07, 6.45) is 0. The minimum Gasteiger partial charge on any atom is -0.453 e. The normalized spacial score (nSPS) is 15.1. The van der Waals surface area contributed by atoms with Gasteiger partial charge in [-0.2, -0.15) is 0 Å². The molecule has 2 nitrogen and oxygen atoms in total. The third-order valence-corrected chi connectivity index (χ3v) is 13.7. The number of rotatable bonds is 2. The number of nitrogens with zero attached hydrogens (tertiary/aromatic N) is 1. The third kappa shape index (κ3) is 3.92. The van der Waals surface area contributed by atoms with Crippen LogP contribution in [-0.4, -0.2) is 0 Å². The van der Waals surface area contributed by atoms with Gasteiger partial charge in [0.25, 0.3) is 0 Å². The van der Waals surface area contributed by atoms with Gasteiger partial charge in [0.1, 0.15) is 0 Å². The smallest absolute Gasteiger partial charge is 0.156 e. The molecule has 0 unspecified atom stereocenters. The fourth-order valence-electron chi connectivity index (χ4n) is 11.2. The molecule has 1 spiro atoms. The maximum absolute atomic E-state index is 7.47. The van der Waals surface area contributed by atoms with Crippen LogP contribution in [0, 0.1) is 0 Å². The molecule has 0 radical (unpaired) electrons. The molecule has 3 aliphatic carbocycles. The summed E-state index contributed by atoms with van der Waals surface area (Å²) in [4.78, 5) is 2.40. The molecule has 0 bridgehead atoms. The second-order valence-electron chi connectivity index (χ2n) is 16.8. The molecular formula is C56H37NO. The molecule has 272 valence electrons. The van der Waals surface area contributed by atoms with Gasteiger partial charge in [-0.15, -0.1) is 0 Å². The van der Waals surface area contributed by atoms with Crippen LogP contribution in [0.2, 0.25) is 0 Å². The van der Waals surface area contributed by atoms with Crippen molar-refractivity contribution in [2.75, 3.05) is 4.90 Å². The maximum atomic E-state index is 7.47. The summed E-state index contributed by atoms with van der Waals surface area (Å²) in [6, 6.07) is 69.6. The summed E-state index contributed by atoms with van der Waals surface area (Å²) in [5.41, 5.74) is 20.5. The first-order valence-electron chi connectivity index (χ1n) is 20.3. The van der Waals surface area contributed by atoms with E-state index in [-0.39, 0.29) is 5.41 Å². The van der Waals surface area contributed by atoms with E-state index in [1.165, 1.54) is 83.1 Å². The van der Waals surface area contributed by atoms with Crippen LogP contribution < -0.4 is 9.64 Å². The molecular weight excluding hydrogens is 703 g/mol. The van der Waals surface area contributed by atoms with Crippen molar-refractivity contribution < 1.29 is 4.74 Å². The standard InChI is InChI=1S/C56H37NO/c1-55(2)47-29-25-34-14-6-7-17-38(34)52(47)43-27-24-35(32-48(43)55)36-26-30-49-51(33-36)58-54-50(57(49)37-15-4-3-5-16-37)31-28-42-41-20-10-13-23-46(41)56(53(42)54)44-21-11-8-18-39(44)40-19-9-12-22-45(40)56/h3-33H,1-2H3. The van der Waals surface area contributed by atoms with E-state index < -0.39 is 5.41 Å². The van der Waals surface area contributed by atoms with Crippen molar-refractivity contribution in [1.82, 2.24) is 0 Å². The van der Waals surface area contributed by atoms with Crippen molar-refractivity contribution in [3.05, 3.63) is 221 Å². The van der Waals surface area contributed by atoms with Crippen molar-refractivity contribution in [2.24, 2.45) is 0 Å². The van der Waals surface area contributed by atoms with Gasteiger partial charge in [-0.1, -0.05) is 166 Å². The molecule has 0 saturated carbocycles. The lowest BCUT2D eigenvalue weighted by atomic mass is 9.70. The summed E-state index contributed by atoms with van der Waals surface area (Å²) < 4.78 is 7.47. The second kappa shape index (κ2) is 11.2. The van der Waals surface area contributed by atoms with Gasteiger partial charge in [0.05, 0.1) is 16.8 Å². The number of anilines is 3. The quantitative estimate of drug-likeness (QED) is 0.175. The molecule has 1 heterocycles. The van der Waals surface area contributed by atoms with Gasteiger partial charge in [0, 0.05) is 16.7 Å². The van der Waals surface area contributed by atoms with Crippen LogP contribution in [0.4, 0.5) is 17.1 Å². The molecule has 0 saturated heterocycles. The summed E-state index contributed by atoms with van der Waals surface area (Å²) in [5, 5.41) is 2.60. The Labute approximate surface area is 338 Å². The number of ether oxygens (including phenoxy) is 1. The summed E-state index contributed by atoms with van der Waals surface area (Å²) in [5.74, 6) is 1.76. The predicted octanol–water partition coefficient (Wildman–Crippen LogP) is 14.7. The fraction of sp³-hybridized carbons (Fsp3) is 0.0714. The molecule has 0 atom stereocenters. The Hall–Kier alpha value is -7.16. The highest BCUT2D eigenvalue weighted by molar-refractivity contribution is 6.04. The second-order valence-corrected chi connectivity index (χ2v) is 16.8. The molecule has 1 aliphatic heterocycles. The predicted molar refractivity (Wildman–Crippen MR) is 238 cm³/mol. The Morgan fingerprint density at radius 2 is 1.02 bits per heavy atom. The van der Waals surface area contributed by atoms with Crippen LogP contribution in [0.25, 0.3) is 55.3 Å². The van der Waals surface area contributed by atoms with Crippen molar-refractivity contribution in [1.29, 1.82) is 0 Å². The lowest BCUT2D eigenvalue weighted by molar-refractivity contribution is 0.466. The average molecular weight is 740 g/mol. The van der Waals surface area contributed by atoms with E-state index in [0.29, 0.717) is 0 Å². The van der Waals surface area contributed by atoms with Crippen molar-refractivity contribution in [3.63, 3.8) is 0 Å². The summed E-state index contributed by atoms with van der Waals surface area (Å²) in [7, 11) is 0. The lowest BCUT2D eigenvalue weighted by Gasteiger charge is -2.37. The zero-order valence-corrected chi connectivity index (χ0v) is 32.3. The number of hydrogen-bond acceptors (Lipinski definition) is 2. The van der Waals surface area contributed by atoms with E-state index in [1.807, 2.05) is 0 Å². The van der Waals surface area contributed by atoms with Crippen molar-refractivity contribution >= 4 is 27.8 Å². The highest BCUT2D eigenvalue weighted by atomic mass is 16.5. The largest absolute Gasteiger partial charge is 0.453 e. The van der Waals surface area contributed by atoms with E-state index in [0.717, 1.165) is 34.1 Å². The molecule has 0 N–H and O–H groups in total. The molecule has 13 rings (SSSR count). The van der Waals surface area contributed by atoms with Crippen molar-refractivity contribution in [2.45, 2.75) is 24.7 Å². The number of hydrogen-bond donors (Lipinski definition) is 0. The van der Waals surface area contributed by atoms with Gasteiger partial charge in [0.2, 0.25) is 0 Å². The number of fused-ring (bicyclic) bond motifs is 18. The monoisotopic (exact) mass is 739 g/mol. The van der Waals surface area contributed by atoms with Gasteiger partial charge < -0.3 is 9.64 Å². The Balaban J connectivity index is 1.03. The van der Waals surface area contributed by atoms with E-state index in [1.54, 1.807) is 0 Å². The van der Waals surface area contributed by atoms with Gasteiger partial charge in [-0.25, -0.2) is 0 Å². The van der Waals surface area contributed by atoms with Crippen LogP contribution >= 0.6 is 0 Å². The molecule has 9 aromatic carbocycles. The first-order chi connectivity index (χ1) is 28.5. The SMILES string of the molecule is CC1(C)c2cc(-c3ccc4c(c3)Oc3c(ccc5c3C3(c6ccccc6-c6ccccc63)c3ccccc3-5)N4c3ccccc3)ccc2-c2c1ccc1ccccc21. The first-order valence-corrected chi connectivity index (χ1v) is 20.3. The van der Waals surface area contributed by atoms with Crippen LogP contribution in [0.5, 0.6) is 11.5 Å². The zero-order chi connectivity index (χ0) is 38.3. The molecule has 0 amide bonds. The van der Waals surface area contributed by atoms with E-state index in [9.17, 15) is 0 Å². The van der Waals surface area contributed by atoms with E-state index >= 15 is 0 Å². The van der Waals surface area contributed by atoms with Gasteiger partial charge in [-0.3, -0.25) is 0 Å². The molecule has 58 heavy (non-hydrogen) atoms. The van der Waals surface area contributed by atoms with Gasteiger partial charge in [-0.05, 0) is 119 Å². The highest BCUT2D eigenvalue weighted by Crippen LogP contribution is 2.67. The number of benzene rings is 9. The summed E-state index contributed by atoms with van der Waals surface area (Å²) >= 11 is 0. The average Bonchev–Trinajstić information content (AvgIpc) is 3.84. The third-order valence-electron chi connectivity index (χ3n) is 13.7. The first kappa shape index (κ1) is 32.0. The molecule has 4 aliphatic rings. The fourth-order valence-corrected chi connectivity index (χ4v) is 11.2. The molecule has 0 fully saturated rings. The van der Waals surface area contributed by atoms with Crippen molar-refractivity contribution in [3.8, 4) is 56.0 Å².